The lowest BCUT2D eigenvalue weighted by Gasteiger charge is -2.50. The summed E-state index contributed by atoms with van der Waals surface area (Å²) in [6.45, 7) is 1.24. The molecule has 0 bridgehead atoms. The van der Waals surface area contributed by atoms with Gasteiger partial charge in [0.15, 0.2) is 5.82 Å². The lowest BCUT2D eigenvalue weighted by molar-refractivity contribution is -0.121. The van der Waals surface area contributed by atoms with Crippen LogP contribution in [0.25, 0.3) is 32.9 Å². The maximum atomic E-state index is 16.4. The van der Waals surface area contributed by atoms with Gasteiger partial charge in [0.2, 0.25) is 0 Å². The van der Waals surface area contributed by atoms with Gasteiger partial charge in [0.05, 0.1) is 37.3 Å². The third-order valence-corrected chi connectivity index (χ3v) is 8.96. The first kappa shape index (κ1) is 27.5. The number of halogens is 2. The average molecular weight is 598 g/mol. The van der Waals surface area contributed by atoms with Crippen molar-refractivity contribution in [2.45, 2.75) is 18.6 Å². The van der Waals surface area contributed by atoms with Crippen LogP contribution in [-0.2, 0) is 11.3 Å². The van der Waals surface area contributed by atoms with Crippen LogP contribution in [0, 0.1) is 5.82 Å². The van der Waals surface area contributed by atoms with Gasteiger partial charge < -0.3 is 19.6 Å². The van der Waals surface area contributed by atoms with Crippen LogP contribution in [0.1, 0.15) is 5.56 Å². The van der Waals surface area contributed by atoms with E-state index in [2.05, 4.69) is 14.9 Å². The number of carbonyl (C=O) groups excluding carboxylic acids is 1. The van der Waals surface area contributed by atoms with Gasteiger partial charge in [-0.2, -0.15) is 0 Å². The van der Waals surface area contributed by atoms with E-state index in [-0.39, 0.29) is 29.8 Å². The topological polar surface area (TPSA) is 82.0 Å². The number of nitrogens with zero attached hydrogens (tertiary/aromatic N) is 5. The molecular formula is C33H29ClFN5O3. The van der Waals surface area contributed by atoms with E-state index < -0.39 is 11.9 Å². The molecule has 0 unspecified atom stereocenters. The fourth-order valence-electron chi connectivity index (χ4n) is 6.40. The van der Waals surface area contributed by atoms with Crippen LogP contribution in [0.3, 0.4) is 0 Å². The van der Waals surface area contributed by atoms with Crippen LogP contribution in [0.2, 0.25) is 5.02 Å². The van der Waals surface area contributed by atoms with Crippen molar-refractivity contribution in [3.05, 3.63) is 89.5 Å². The minimum absolute atomic E-state index is 0.0831. The van der Waals surface area contributed by atoms with E-state index in [1.807, 2.05) is 53.4 Å². The quantitative estimate of drug-likeness (QED) is 0.295. The number of aliphatic hydroxyl groups excluding tert-OH is 1. The molecule has 0 aliphatic carbocycles. The number of ether oxygens (including phenoxy) is 1. The largest absolute Gasteiger partial charge is 0.497 e. The molecule has 1 fully saturated rings. The number of carbonyl (C=O) groups is 1. The molecule has 1 amide bonds. The van der Waals surface area contributed by atoms with Gasteiger partial charge in [0.25, 0.3) is 5.91 Å². The van der Waals surface area contributed by atoms with E-state index in [9.17, 15) is 9.90 Å². The van der Waals surface area contributed by atoms with E-state index in [1.165, 1.54) is 0 Å². The van der Waals surface area contributed by atoms with E-state index in [0.717, 1.165) is 22.1 Å². The zero-order valence-corrected chi connectivity index (χ0v) is 24.4. The predicted octanol–water partition coefficient (Wildman–Crippen LogP) is 5.28. The Hall–Kier alpha value is -4.31. The van der Waals surface area contributed by atoms with Crippen LogP contribution >= 0.6 is 11.6 Å². The molecule has 1 saturated heterocycles. The van der Waals surface area contributed by atoms with E-state index in [1.54, 1.807) is 43.6 Å². The van der Waals surface area contributed by atoms with E-state index >= 15 is 4.39 Å². The second-order valence-corrected chi connectivity index (χ2v) is 11.4. The van der Waals surface area contributed by atoms with Crippen molar-refractivity contribution >= 4 is 50.6 Å². The Morgan fingerprint density at radius 1 is 1.05 bits per heavy atom. The Bertz CT molecular complexity index is 1880. The van der Waals surface area contributed by atoms with Gasteiger partial charge in [-0.3, -0.25) is 19.7 Å². The number of hydrogen-bond donors (Lipinski definition) is 1. The number of rotatable bonds is 5. The highest BCUT2D eigenvalue weighted by Crippen LogP contribution is 2.44. The molecule has 0 radical (unpaired) electrons. The molecular weight excluding hydrogens is 569 g/mol. The number of anilines is 2. The van der Waals surface area contributed by atoms with Crippen LogP contribution in [0.4, 0.5) is 15.8 Å². The summed E-state index contributed by atoms with van der Waals surface area (Å²) < 4.78 is 21.6. The van der Waals surface area contributed by atoms with Crippen LogP contribution < -0.4 is 14.5 Å². The van der Waals surface area contributed by atoms with Crippen LogP contribution in [0.5, 0.6) is 5.75 Å². The number of aliphatic hydroxyl groups is 1. The van der Waals surface area contributed by atoms with Crippen LogP contribution in [-0.4, -0.2) is 71.8 Å². The molecule has 10 heteroatoms. The lowest BCUT2D eigenvalue weighted by Crippen LogP contribution is -2.65. The van der Waals surface area contributed by atoms with Gasteiger partial charge in [0.1, 0.15) is 23.0 Å². The molecule has 2 atom stereocenters. The summed E-state index contributed by atoms with van der Waals surface area (Å²) in [5.74, 6) is 0.127. The molecule has 4 heterocycles. The maximum Gasteiger partial charge on any atom is 0.250 e. The number of hydrogen-bond acceptors (Lipinski definition) is 7. The van der Waals surface area contributed by atoms with Gasteiger partial charge in [-0.15, -0.1) is 0 Å². The fourth-order valence-corrected chi connectivity index (χ4v) is 6.69. The first-order valence-corrected chi connectivity index (χ1v) is 14.4. The standard InChI is InChI=1S/C33H29ClFN5O3/c1-38-26-14-37-31-24(13-36-30(29(31)35)23-7-3-5-20-6-4-8-25(34)28(20)23)32(26)40-16-21(18-41)39(17-27(40)33(38)42)15-19-9-11-22(43-2)12-10-19/h3-14,21,27,41H,15-18H2,1-2H3/t21-,27+/m1/s1. The second-order valence-electron chi connectivity index (χ2n) is 11.0. The molecule has 7 rings (SSSR count). The Kier molecular flexibility index (Phi) is 6.88. The molecule has 3 aromatic carbocycles. The van der Waals surface area contributed by atoms with Gasteiger partial charge in [-0.05, 0) is 29.1 Å². The zero-order chi connectivity index (χ0) is 29.8. The average Bonchev–Trinajstić information content (AvgIpc) is 3.03. The number of methoxy groups -OCH3 is 1. The third-order valence-electron chi connectivity index (χ3n) is 8.64. The van der Waals surface area contributed by atoms with Gasteiger partial charge in [-0.25, -0.2) is 4.39 Å². The Morgan fingerprint density at radius 3 is 2.56 bits per heavy atom. The number of likely N-dealkylation sites (N-methyl/N-ethyl adjacent to an activating group) is 1. The molecule has 2 aliphatic heterocycles. The highest BCUT2D eigenvalue weighted by atomic mass is 35.5. The summed E-state index contributed by atoms with van der Waals surface area (Å²) in [7, 11) is 3.34. The molecule has 0 saturated carbocycles. The Labute approximate surface area is 252 Å². The molecule has 1 N–H and O–H groups in total. The second kappa shape index (κ2) is 10.8. The smallest absolute Gasteiger partial charge is 0.250 e. The number of benzene rings is 3. The Morgan fingerprint density at radius 2 is 1.81 bits per heavy atom. The van der Waals surface area contributed by atoms with E-state index in [0.29, 0.717) is 47.0 Å². The molecule has 0 spiro atoms. The van der Waals surface area contributed by atoms with Crippen molar-refractivity contribution in [2.24, 2.45) is 0 Å². The minimum Gasteiger partial charge on any atom is -0.497 e. The summed E-state index contributed by atoms with van der Waals surface area (Å²) >= 11 is 6.55. The first-order valence-electron chi connectivity index (χ1n) is 14.1. The zero-order valence-electron chi connectivity index (χ0n) is 23.7. The summed E-state index contributed by atoms with van der Waals surface area (Å²) in [5, 5.41) is 13.1. The highest BCUT2D eigenvalue weighted by molar-refractivity contribution is 6.36. The predicted molar refractivity (Wildman–Crippen MR) is 166 cm³/mol. The third kappa shape index (κ3) is 4.47. The SMILES string of the molecule is COc1ccc(CN2C[C@H]3C(=O)N(C)c4cnc5c(F)c(-c6cccc7cccc(Cl)c67)ncc5c4N3C[C@@H]2CO)cc1. The van der Waals surface area contributed by atoms with Crippen molar-refractivity contribution in [3.63, 3.8) is 0 Å². The van der Waals surface area contributed by atoms with Gasteiger partial charge in [-0.1, -0.05) is 54.1 Å². The van der Waals surface area contributed by atoms with Gasteiger partial charge >= 0.3 is 0 Å². The number of amides is 1. The van der Waals surface area contributed by atoms with Crippen molar-refractivity contribution in [3.8, 4) is 17.0 Å². The van der Waals surface area contributed by atoms with Crippen molar-refractivity contribution in [1.82, 2.24) is 14.9 Å². The number of piperazine rings is 1. The molecule has 43 heavy (non-hydrogen) atoms. The summed E-state index contributed by atoms with van der Waals surface area (Å²) in [6, 6.07) is 18.1. The first-order chi connectivity index (χ1) is 20.9. The molecule has 8 nitrogen and oxygen atoms in total. The van der Waals surface area contributed by atoms with Gasteiger partial charge in [0, 0.05) is 54.2 Å². The molecule has 2 aromatic heterocycles. The summed E-state index contributed by atoms with van der Waals surface area (Å²) in [6.07, 6.45) is 3.18. The molecule has 5 aromatic rings. The van der Waals surface area contributed by atoms with E-state index in [4.69, 9.17) is 16.3 Å². The normalized spacial score (nSPS) is 18.7. The fraction of sp³-hybridized carbons (Fsp3) is 0.242. The van der Waals surface area contributed by atoms with Crippen molar-refractivity contribution < 1.29 is 19.0 Å². The summed E-state index contributed by atoms with van der Waals surface area (Å²) in [4.78, 5) is 28.4. The Balaban J connectivity index is 1.31. The van der Waals surface area contributed by atoms with Crippen molar-refractivity contribution in [1.29, 1.82) is 0 Å². The monoisotopic (exact) mass is 597 g/mol. The summed E-state index contributed by atoms with van der Waals surface area (Å²) in [5.41, 5.74) is 3.22. The minimum atomic E-state index is -0.555. The lowest BCUT2D eigenvalue weighted by atomic mass is 9.97. The number of aromatic nitrogens is 2. The molecule has 2 aliphatic rings. The number of fused-ring (bicyclic) bond motifs is 6. The molecule has 218 valence electrons. The van der Waals surface area contributed by atoms with Crippen molar-refractivity contribution in [2.75, 3.05) is 43.7 Å². The highest BCUT2D eigenvalue weighted by Gasteiger charge is 2.44. The number of pyridine rings is 2. The van der Waals surface area contributed by atoms with Crippen LogP contribution in [0.15, 0.2) is 73.1 Å². The maximum absolute atomic E-state index is 16.4.